The molecule has 0 spiro atoms. The second-order valence-corrected chi connectivity index (χ2v) is 7.70. The van der Waals surface area contributed by atoms with E-state index < -0.39 is 12.0 Å². The first kappa shape index (κ1) is 17.9. The minimum atomic E-state index is -0.802. The highest BCUT2D eigenvalue weighted by Gasteiger charge is 2.45. The van der Waals surface area contributed by atoms with Crippen molar-refractivity contribution in [3.8, 4) is 0 Å². The summed E-state index contributed by atoms with van der Waals surface area (Å²) in [5.41, 5.74) is 1.99. The number of anilines is 1. The van der Waals surface area contributed by atoms with Gasteiger partial charge >= 0.3 is 5.97 Å². The molecular weight excluding hydrogens is 316 g/mol. The van der Waals surface area contributed by atoms with E-state index in [2.05, 4.69) is 19.2 Å². The zero-order valence-corrected chi connectivity index (χ0v) is 15.1. The summed E-state index contributed by atoms with van der Waals surface area (Å²) >= 11 is 0. The van der Waals surface area contributed by atoms with Gasteiger partial charge in [-0.3, -0.25) is 14.5 Å². The van der Waals surface area contributed by atoms with Gasteiger partial charge in [-0.1, -0.05) is 38.8 Å². The van der Waals surface area contributed by atoms with E-state index in [0.29, 0.717) is 18.3 Å². The predicted octanol–water partition coefficient (Wildman–Crippen LogP) is 3.47. The molecule has 25 heavy (non-hydrogen) atoms. The second kappa shape index (κ2) is 7.56. The molecule has 1 heterocycles. The maximum Gasteiger partial charge on any atom is 0.320 e. The molecule has 1 amide bonds. The Morgan fingerprint density at radius 3 is 2.52 bits per heavy atom. The highest BCUT2D eigenvalue weighted by Crippen LogP contribution is 2.39. The number of carbonyl (C=O) groups excluding carboxylic acids is 1. The molecule has 1 aliphatic carbocycles. The van der Waals surface area contributed by atoms with Crippen LogP contribution in [0.3, 0.4) is 0 Å². The van der Waals surface area contributed by atoms with E-state index in [1.54, 1.807) is 0 Å². The lowest BCUT2D eigenvalue weighted by Crippen LogP contribution is -2.46. The monoisotopic (exact) mass is 344 g/mol. The Kier molecular flexibility index (Phi) is 5.42. The number of carboxylic acid groups (broad SMARTS) is 1. The van der Waals surface area contributed by atoms with Gasteiger partial charge in [0.05, 0.1) is 6.54 Å². The van der Waals surface area contributed by atoms with Gasteiger partial charge in [0.1, 0.15) is 6.04 Å². The fraction of sp³-hybridized carbons (Fsp3) is 0.600. The predicted molar refractivity (Wildman–Crippen MR) is 97.7 cm³/mol. The summed E-state index contributed by atoms with van der Waals surface area (Å²) in [5.74, 6) is -0.0554. The summed E-state index contributed by atoms with van der Waals surface area (Å²) in [6.07, 6.45) is 5.07. The molecule has 1 saturated heterocycles. The number of nitrogens with zero attached hydrogens (tertiary/aromatic N) is 1. The number of carbonyl (C=O) groups is 2. The van der Waals surface area contributed by atoms with Gasteiger partial charge in [-0.05, 0) is 48.8 Å². The molecule has 3 atom stereocenters. The Morgan fingerprint density at radius 1 is 1.20 bits per heavy atom. The molecule has 2 aliphatic rings. The summed E-state index contributed by atoms with van der Waals surface area (Å²) in [4.78, 5) is 26.0. The van der Waals surface area contributed by atoms with E-state index in [0.717, 1.165) is 24.9 Å². The Hall–Kier alpha value is -1.88. The normalized spacial score (nSPS) is 26.4. The van der Waals surface area contributed by atoms with Crippen LogP contribution in [-0.4, -0.2) is 40.5 Å². The van der Waals surface area contributed by atoms with Crippen LogP contribution < -0.4 is 5.32 Å². The fourth-order valence-corrected chi connectivity index (χ4v) is 4.34. The summed E-state index contributed by atoms with van der Waals surface area (Å²) < 4.78 is 0. The van der Waals surface area contributed by atoms with Gasteiger partial charge in [0.25, 0.3) is 0 Å². The Balaban J connectivity index is 1.65. The van der Waals surface area contributed by atoms with Crippen molar-refractivity contribution >= 4 is 17.6 Å². The van der Waals surface area contributed by atoms with Crippen LogP contribution in [0.25, 0.3) is 0 Å². The molecule has 1 saturated carbocycles. The zero-order chi connectivity index (χ0) is 18.0. The molecule has 0 radical (unpaired) electrons. The molecule has 0 bridgehead atoms. The summed E-state index contributed by atoms with van der Waals surface area (Å²) in [5, 5.41) is 12.5. The van der Waals surface area contributed by atoms with Crippen LogP contribution in [0.5, 0.6) is 0 Å². The third-order valence-electron chi connectivity index (χ3n) is 5.69. The maximum atomic E-state index is 12.5. The van der Waals surface area contributed by atoms with Crippen molar-refractivity contribution in [1.82, 2.24) is 4.90 Å². The second-order valence-electron chi connectivity index (χ2n) is 7.70. The van der Waals surface area contributed by atoms with Gasteiger partial charge in [0, 0.05) is 11.7 Å². The van der Waals surface area contributed by atoms with Crippen molar-refractivity contribution in [3.63, 3.8) is 0 Å². The molecule has 3 unspecified atom stereocenters. The molecule has 0 aromatic heterocycles. The van der Waals surface area contributed by atoms with Gasteiger partial charge in [-0.25, -0.2) is 0 Å². The number of hydrogen-bond acceptors (Lipinski definition) is 3. The number of benzene rings is 1. The Labute approximate surface area is 149 Å². The quantitative estimate of drug-likeness (QED) is 0.858. The van der Waals surface area contributed by atoms with Crippen molar-refractivity contribution in [2.75, 3.05) is 11.9 Å². The van der Waals surface area contributed by atoms with Crippen molar-refractivity contribution in [3.05, 3.63) is 29.8 Å². The lowest BCUT2D eigenvalue weighted by Gasteiger charge is -2.32. The topological polar surface area (TPSA) is 69.6 Å². The van der Waals surface area contributed by atoms with Crippen LogP contribution in [0.15, 0.2) is 24.3 Å². The molecule has 136 valence electrons. The molecule has 2 N–H and O–H groups in total. The van der Waals surface area contributed by atoms with E-state index in [-0.39, 0.29) is 18.5 Å². The van der Waals surface area contributed by atoms with Crippen LogP contribution in [0.1, 0.15) is 57.4 Å². The zero-order valence-electron chi connectivity index (χ0n) is 15.1. The van der Waals surface area contributed by atoms with E-state index in [1.807, 2.05) is 29.2 Å². The smallest absolute Gasteiger partial charge is 0.320 e. The third-order valence-corrected chi connectivity index (χ3v) is 5.69. The van der Waals surface area contributed by atoms with Gasteiger partial charge in [-0.2, -0.15) is 0 Å². The number of hydrogen-bond donors (Lipinski definition) is 2. The number of aliphatic carboxylic acids is 1. The van der Waals surface area contributed by atoms with Crippen molar-refractivity contribution in [1.29, 1.82) is 0 Å². The van der Waals surface area contributed by atoms with E-state index >= 15 is 0 Å². The molecule has 3 rings (SSSR count). The SMILES string of the molecule is CC(C)c1ccc(NC(=O)CN2C(C(=O)O)CC3CCCCC32)cc1. The number of amides is 1. The van der Waals surface area contributed by atoms with Crippen molar-refractivity contribution in [2.45, 2.75) is 64.0 Å². The average Bonchev–Trinajstić information content (AvgIpc) is 2.94. The molecule has 1 aromatic rings. The molecule has 5 heteroatoms. The molecule has 1 aliphatic heterocycles. The Morgan fingerprint density at radius 2 is 1.88 bits per heavy atom. The van der Waals surface area contributed by atoms with Gasteiger partial charge in [-0.15, -0.1) is 0 Å². The average molecular weight is 344 g/mol. The van der Waals surface area contributed by atoms with Crippen LogP contribution in [0.4, 0.5) is 5.69 Å². The third kappa shape index (κ3) is 4.03. The van der Waals surface area contributed by atoms with Crippen LogP contribution >= 0.6 is 0 Å². The van der Waals surface area contributed by atoms with E-state index in [4.69, 9.17) is 0 Å². The summed E-state index contributed by atoms with van der Waals surface area (Å²) in [6.45, 7) is 4.42. The molecule has 5 nitrogen and oxygen atoms in total. The summed E-state index contributed by atoms with van der Waals surface area (Å²) in [6, 6.07) is 7.58. The lowest BCUT2D eigenvalue weighted by atomic mass is 9.85. The maximum absolute atomic E-state index is 12.5. The van der Waals surface area contributed by atoms with Gasteiger partial charge < -0.3 is 10.4 Å². The van der Waals surface area contributed by atoms with Crippen LogP contribution in [0, 0.1) is 5.92 Å². The number of nitrogens with one attached hydrogen (secondary N) is 1. The van der Waals surface area contributed by atoms with Crippen LogP contribution in [-0.2, 0) is 9.59 Å². The number of carboxylic acids is 1. The standard InChI is InChI=1S/C20H28N2O3/c1-13(2)14-7-9-16(10-8-14)21-19(23)12-22-17-6-4-3-5-15(17)11-18(22)20(24)25/h7-10,13,15,17-18H,3-6,11-12H2,1-2H3,(H,21,23)(H,24,25). The molecular formula is C20H28N2O3. The Bertz CT molecular complexity index is 626. The summed E-state index contributed by atoms with van der Waals surface area (Å²) in [7, 11) is 0. The molecule has 2 fully saturated rings. The van der Waals surface area contributed by atoms with Crippen molar-refractivity contribution < 1.29 is 14.7 Å². The van der Waals surface area contributed by atoms with Gasteiger partial charge in [0.15, 0.2) is 0 Å². The minimum absolute atomic E-state index is 0.130. The van der Waals surface area contributed by atoms with Gasteiger partial charge in [0.2, 0.25) is 5.91 Å². The van der Waals surface area contributed by atoms with Crippen LogP contribution in [0.2, 0.25) is 0 Å². The largest absolute Gasteiger partial charge is 0.480 e. The number of likely N-dealkylation sites (tertiary alicyclic amines) is 1. The molecule has 1 aromatic carbocycles. The highest BCUT2D eigenvalue weighted by atomic mass is 16.4. The first-order valence-electron chi connectivity index (χ1n) is 9.34. The fourth-order valence-electron chi connectivity index (χ4n) is 4.34. The highest BCUT2D eigenvalue weighted by molar-refractivity contribution is 5.92. The lowest BCUT2D eigenvalue weighted by molar-refractivity contribution is -0.143. The number of rotatable bonds is 5. The van der Waals surface area contributed by atoms with E-state index in [9.17, 15) is 14.7 Å². The minimum Gasteiger partial charge on any atom is -0.480 e. The number of fused-ring (bicyclic) bond motifs is 1. The first-order chi connectivity index (χ1) is 12.0. The first-order valence-corrected chi connectivity index (χ1v) is 9.34. The van der Waals surface area contributed by atoms with Crippen molar-refractivity contribution in [2.24, 2.45) is 5.92 Å². The van der Waals surface area contributed by atoms with E-state index in [1.165, 1.54) is 12.0 Å².